The van der Waals surface area contributed by atoms with Crippen molar-refractivity contribution >= 4 is 34.4 Å². The molecule has 0 saturated carbocycles. The van der Waals surface area contributed by atoms with Gasteiger partial charge >= 0.3 is 5.97 Å². The lowest BCUT2D eigenvalue weighted by Gasteiger charge is -2.14. The second-order valence-electron chi connectivity index (χ2n) is 6.79. The van der Waals surface area contributed by atoms with Gasteiger partial charge < -0.3 is 10.1 Å². The van der Waals surface area contributed by atoms with Gasteiger partial charge in [-0.05, 0) is 54.8 Å². The molecule has 1 atom stereocenters. The van der Waals surface area contributed by atoms with Crippen molar-refractivity contribution < 1.29 is 14.3 Å². The SMILES string of the molecule is Cc1ccc(NC(=O)[C@H](C)OC(=O)/C=C/c2cccc3ccccc23)c(C)c1. The molecule has 4 heteroatoms. The number of esters is 1. The van der Waals surface area contributed by atoms with Crippen molar-refractivity contribution in [3.05, 3.63) is 83.4 Å². The number of nitrogens with one attached hydrogen (secondary N) is 1. The summed E-state index contributed by atoms with van der Waals surface area (Å²) in [5, 5.41) is 4.95. The Hall–Kier alpha value is -3.40. The number of aryl methyl sites for hydroxylation is 2. The largest absolute Gasteiger partial charge is 0.449 e. The van der Waals surface area contributed by atoms with Crippen molar-refractivity contribution in [3.63, 3.8) is 0 Å². The van der Waals surface area contributed by atoms with Crippen LogP contribution in [0.1, 0.15) is 23.6 Å². The third-order valence-electron chi connectivity index (χ3n) is 4.52. The lowest BCUT2D eigenvalue weighted by Crippen LogP contribution is -2.29. The molecule has 0 bridgehead atoms. The molecule has 0 radical (unpaired) electrons. The standard InChI is InChI=1S/C24H23NO3/c1-16-11-13-22(17(2)15-16)25-24(27)18(3)28-23(26)14-12-20-9-6-8-19-7-4-5-10-21(19)20/h4-15,18H,1-3H3,(H,25,27)/b14-12+/t18-/m0/s1. The van der Waals surface area contributed by atoms with Gasteiger partial charge in [0.1, 0.15) is 0 Å². The van der Waals surface area contributed by atoms with Crippen molar-refractivity contribution in [3.8, 4) is 0 Å². The molecule has 0 aromatic heterocycles. The zero-order valence-electron chi connectivity index (χ0n) is 16.2. The first-order valence-corrected chi connectivity index (χ1v) is 9.18. The van der Waals surface area contributed by atoms with E-state index in [9.17, 15) is 9.59 Å². The van der Waals surface area contributed by atoms with Gasteiger partial charge in [-0.2, -0.15) is 0 Å². The Morgan fingerprint density at radius 1 is 1.00 bits per heavy atom. The molecule has 0 unspecified atom stereocenters. The van der Waals surface area contributed by atoms with Crippen molar-refractivity contribution in [2.45, 2.75) is 26.9 Å². The van der Waals surface area contributed by atoms with Gasteiger partial charge in [-0.15, -0.1) is 0 Å². The number of fused-ring (bicyclic) bond motifs is 1. The highest BCUT2D eigenvalue weighted by molar-refractivity contribution is 5.98. The van der Waals surface area contributed by atoms with Gasteiger partial charge in [0.15, 0.2) is 6.10 Å². The van der Waals surface area contributed by atoms with Crippen LogP contribution in [-0.4, -0.2) is 18.0 Å². The van der Waals surface area contributed by atoms with Gasteiger partial charge in [-0.25, -0.2) is 4.79 Å². The molecular weight excluding hydrogens is 350 g/mol. The van der Waals surface area contributed by atoms with E-state index >= 15 is 0 Å². The summed E-state index contributed by atoms with van der Waals surface area (Å²) >= 11 is 0. The number of anilines is 1. The Morgan fingerprint density at radius 3 is 2.54 bits per heavy atom. The van der Waals surface area contributed by atoms with E-state index in [1.807, 2.05) is 74.5 Å². The third kappa shape index (κ3) is 4.65. The third-order valence-corrected chi connectivity index (χ3v) is 4.52. The maximum absolute atomic E-state index is 12.3. The molecule has 28 heavy (non-hydrogen) atoms. The molecule has 0 aliphatic rings. The maximum Gasteiger partial charge on any atom is 0.331 e. The van der Waals surface area contributed by atoms with E-state index in [0.717, 1.165) is 27.5 Å². The van der Waals surface area contributed by atoms with E-state index in [2.05, 4.69) is 5.32 Å². The number of hydrogen-bond acceptors (Lipinski definition) is 3. The number of rotatable bonds is 5. The van der Waals surface area contributed by atoms with Crippen molar-refractivity contribution in [2.24, 2.45) is 0 Å². The molecule has 0 heterocycles. The second-order valence-corrected chi connectivity index (χ2v) is 6.79. The molecule has 4 nitrogen and oxygen atoms in total. The predicted octanol–water partition coefficient (Wildman–Crippen LogP) is 5.04. The Bertz CT molecular complexity index is 1050. The molecule has 0 aliphatic heterocycles. The quantitative estimate of drug-likeness (QED) is 0.503. The van der Waals surface area contributed by atoms with Crippen LogP contribution in [0.5, 0.6) is 0 Å². The monoisotopic (exact) mass is 373 g/mol. The minimum atomic E-state index is -0.898. The highest BCUT2D eigenvalue weighted by Gasteiger charge is 2.17. The Morgan fingerprint density at radius 2 is 1.75 bits per heavy atom. The van der Waals surface area contributed by atoms with Crippen LogP contribution < -0.4 is 5.32 Å². The highest BCUT2D eigenvalue weighted by Crippen LogP contribution is 2.20. The molecule has 0 aliphatic carbocycles. The molecule has 0 saturated heterocycles. The molecule has 1 amide bonds. The summed E-state index contributed by atoms with van der Waals surface area (Å²) in [6.07, 6.45) is 2.16. The van der Waals surface area contributed by atoms with Crippen LogP contribution in [0, 0.1) is 13.8 Å². The number of amides is 1. The summed E-state index contributed by atoms with van der Waals surface area (Å²) in [6, 6.07) is 19.6. The highest BCUT2D eigenvalue weighted by atomic mass is 16.5. The summed E-state index contributed by atoms with van der Waals surface area (Å²) in [4.78, 5) is 24.5. The summed E-state index contributed by atoms with van der Waals surface area (Å²) in [5.41, 5.74) is 3.71. The zero-order valence-corrected chi connectivity index (χ0v) is 16.2. The molecular formula is C24H23NO3. The number of ether oxygens (including phenoxy) is 1. The average molecular weight is 373 g/mol. The number of hydrogen-bond donors (Lipinski definition) is 1. The molecule has 1 N–H and O–H groups in total. The van der Waals surface area contributed by atoms with E-state index in [4.69, 9.17) is 4.74 Å². The van der Waals surface area contributed by atoms with Crippen molar-refractivity contribution in [2.75, 3.05) is 5.32 Å². The van der Waals surface area contributed by atoms with Crippen LogP contribution >= 0.6 is 0 Å². The van der Waals surface area contributed by atoms with E-state index in [1.165, 1.54) is 6.08 Å². The number of benzene rings is 3. The lowest BCUT2D eigenvalue weighted by molar-refractivity contribution is -0.148. The second kappa shape index (κ2) is 8.53. The van der Waals surface area contributed by atoms with E-state index in [0.29, 0.717) is 5.69 Å². The first kappa shape index (κ1) is 19.4. The maximum atomic E-state index is 12.3. The fourth-order valence-corrected chi connectivity index (χ4v) is 3.01. The normalized spacial score (nSPS) is 12.1. The molecule has 3 aromatic rings. The van der Waals surface area contributed by atoms with Crippen LogP contribution in [0.2, 0.25) is 0 Å². The van der Waals surface area contributed by atoms with Crippen LogP contribution in [0.25, 0.3) is 16.8 Å². The van der Waals surface area contributed by atoms with Gasteiger partial charge in [0.25, 0.3) is 5.91 Å². The van der Waals surface area contributed by atoms with E-state index in [-0.39, 0.29) is 5.91 Å². The fraction of sp³-hybridized carbons (Fsp3) is 0.167. The Labute approximate surface area is 164 Å². The molecule has 142 valence electrons. The Kier molecular flexibility index (Phi) is 5.90. The zero-order chi connectivity index (χ0) is 20.1. The van der Waals surface area contributed by atoms with Crippen molar-refractivity contribution in [1.29, 1.82) is 0 Å². The summed E-state index contributed by atoms with van der Waals surface area (Å²) in [6.45, 7) is 5.47. The fourth-order valence-electron chi connectivity index (χ4n) is 3.01. The van der Waals surface area contributed by atoms with Crippen LogP contribution in [-0.2, 0) is 14.3 Å². The summed E-state index contributed by atoms with van der Waals surface area (Å²) in [7, 11) is 0. The molecule has 0 spiro atoms. The van der Waals surface area contributed by atoms with Gasteiger partial charge in [0.05, 0.1) is 0 Å². The summed E-state index contributed by atoms with van der Waals surface area (Å²) < 4.78 is 5.24. The van der Waals surface area contributed by atoms with Gasteiger partial charge in [0, 0.05) is 11.8 Å². The number of carbonyl (C=O) groups excluding carboxylic acids is 2. The number of carbonyl (C=O) groups is 2. The topological polar surface area (TPSA) is 55.4 Å². The Balaban J connectivity index is 1.63. The summed E-state index contributed by atoms with van der Waals surface area (Å²) in [5.74, 6) is -0.921. The van der Waals surface area contributed by atoms with Crippen LogP contribution in [0.15, 0.2) is 66.7 Å². The molecule has 0 fully saturated rings. The first-order chi connectivity index (χ1) is 13.4. The molecule has 3 aromatic carbocycles. The van der Waals surface area contributed by atoms with E-state index < -0.39 is 12.1 Å². The van der Waals surface area contributed by atoms with Crippen molar-refractivity contribution in [1.82, 2.24) is 0 Å². The smallest absolute Gasteiger partial charge is 0.331 e. The minimum Gasteiger partial charge on any atom is -0.449 e. The van der Waals surface area contributed by atoms with Gasteiger partial charge in [-0.3, -0.25) is 4.79 Å². The van der Waals surface area contributed by atoms with Gasteiger partial charge in [-0.1, -0.05) is 60.2 Å². The van der Waals surface area contributed by atoms with Crippen LogP contribution in [0.4, 0.5) is 5.69 Å². The van der Waals surface area contributed by atoms with Crippen LogP contribution in [0.3, 0.4) is 0 Å². The minimum absolute atomic E-state index is 0.362. The average Bonchev–Trinajstić information content (AvgIpc) is 2.68. The first-order valence-electron chi connectivity index (χ1n) is 9.18. The van der Waals surface area contributed by atoms with E-state index in [1.54, 1.807) is 13.0 Å². The predicted molar refractivity (Wildman–Crippen MR) is 113 cm³/mol. The lowest BCUT2D eigenvalue weighted by atomic mass is 10.0. The van der Waals surface area contributed by atoms with Gasteiger partial charge in [0.2, 0.25) is 0 Å². The molecule has 3 rings (SSSR count).